The average Bonchev–Trinajstić information content (AvgIpc) is 2.20. The molecule has 0 heterocycles. The summed E-state index contributed by atoms with van der Waals surface area (Å²) in [4.78, 5) is 10.4. The Morgan fingerprint density at radius 1 is 1.57 bits per heavy atom. The first-order valence-corrected chi connectivity index (χ1v) is 4.88. The van der Waals surface area contributed by atoms with Crippen LogP contribution in [0.3, 0.4) is 0 Å². The molecule has 0 fully saturated rings. The number of carbonyl (C=O) groups is 1. The van der Waals surface area contributed by atoms with Crippen molar-refractivity contribution in [1.82, 2.24) is 0 Å². The van der Waals surface area contributed by atoms with E-state index in [-0.39, 0.29) is 0 Å². The van der Waals surface area contributed by atoms with Crippen molar-refractivity contribution in [3.8, 4) is 18.1 Å². The van der Waals surface area contributed by atoms with Crippen LogP contribution in [-0.4, -0.2) is 12.9 Å². The van der Waals surface area contributed by atoms with Crippen molar-refractivity contribution >= 4 is 22.2 Å². The number of rotatable bonds is 4. The van der Waals surface area contributed by atoms with E-state index in [0.717, 1.165) is 10.8 Å². The topological polar surface area (TPSA) is 26.3 Å². The van der Waals surface area contributed by atoms with Crippen molar-refractivity contribution in [2.45, 2.75) is 6.42 Å². The molecule has 3 heteroatoms. The number of benzene rings is 1. The fraction of sp³-hybridized carbons (Fsp3) is 0.182. The van der Waals surface area contributed by atoms with Crippen molar-refractivity contribution in [3.05, 3.63) is 28.2 Å². The van der Waals surface area contributed by atoms with E-state index in [1.54, 1.807) is 18.2 Å². The fourth-order valence-electron chi connectivity index (χ4n) is 0.927. The van der Waals surface area contributed by atoms with E-state index in [1.165, 1.54) is 0 Å². The van der Waals surface area contributed by atoms with Crippen LogP contribution < -0.4 is 4.74 Å². The standard InChI is InChI=1S/C11H9BrO2/c1-2-3-6-14-11-5-4-9(8-13)7-10(11)12/h1,4-5,7-8H,3,6H2. The van der Waals surface area contributed by atoms with Gasteiger partial charge in [0.2, 0.25) is 0 Å². The zero-order valence-electron chi connectivity index (χ0n) is 7.50. The molecule has 0 unspecified atom stereocenters. The van der Waals surface area contributed by atoms with Gasteiger partial charge in [-0.05, 0) is 34.1 Å². The summed E-state index contributed by atoms with van der Waals surface area (Å²) in [5.41, 5.74) is 0.612. The lowest BCUT2D eigenvalue weighted by atomic mass is 10.2. The van der Waals surface area contributed by atoms with Gasteiger partial charge >= 0.3 is 0 Å². The number of aldehydes is 1. The van der Waals surface area contributed by atoms with Gasteiger partial charge in [0.15, 0.2) is 0 Å². The number of hydrogen-bond acceptors (Lipinski definition) is 2. The Kier molecular flexibility index (Phi) is 4.21. The van der Waals surface area contributed by atoms with Crippen LogP contribution in [0.5, 0.6) is 5.75 Å². The number of ether oxygens (including phenoxy) is 1. The molecule has 0 spiro atoms. The van der Waals surface area contributed by atoms with Crippen LogP contribution in [0.15, 0.2) is 22.7 Å². The Hall–Kier alpha value is -1.27. The van der Waals surface area contributed by atoms with E-state index < -0.39 is 0 Å². The smallest absolute Gasteiger partial charge is 0.150 e. The Bertz CT molecular complexity index is 366. The van der Waals surface area contributed by atoms with Gasteiger partial charge < -0.3 is 4.74 Å². The summed E-state index contributed by atoms with van der Waals surface area (Å²) < 4.78 is 6.13. The number of terminal acetylenes is 1. The zero-order valence-corrected chi connectivity index (χ0v) is 9.08. The molecule has 0 radical (unpaired) electrons. The maximum absolute atomic E-state index is 10.4. The van der Waals surface area contributed by atoms with Gasteiger partial charge in [-0.2, -0.15) is 0 Å². The summed E-state index contributed by atoms with van der Waals surface area (Å²) in [6.07, 6.45) is 6.45. The quantitative estimate of drug-likeness (QED) is 0.468. The minimum absolute atomic E-state index is 0.482. The molecule has 1 rings (SSSR count). The highest BCUT2D eigenvalue weighted by Crippen LogP contribution is 2.25. The molecule has 14 heavy (non-hydrogen) atoms. The monoisotopic (exact) mass is 252 g/mol. The van der Waals surface area contributed by atoms with Gasteiger partial charge in [-0.25, -0.2) is 0 Å². The van der Waals surface area contributed by atoms with Crippen molar-refractivity contribution in [2.75, 3.05) is 6.61 Å². The molecule has 0 saturated heterocycles. The normalized spacial score (nSPS) is 9.14. The average molecular weight is 253 g/mol. The second kappa shape index (κ2) is 5.46. The highest BCUT2D eigenvalue weighted by atomic mass is 79.9. The largest absolute Gasteiger partial charge is 0.491 e. The predicted molar refractivity (Wildman–Crippen MR) is 58.5 cm³/mol. The molecular formula is C11H9BrO2. The lowest BCUT2D eigenvalue weighted by Crippen LogP contribution is -1.96. The van der Waals surface area contributed by atoms with E-state index in [4.69, 9.17) is 11.2 Å². The van der Waals surface area contributed by atoms with E-state index in [1.807, 2.05) is 0 Å². The Morgan fingerprint density at radius 2 is 2.36 bits per heavy atom. The molecule has 72 valence electrons. The SMILES string of the molecule is C#CCCOc1ccc(C=O)cc1Br. The molecular weight excluding hydrogens is 244 g/mol. The molecule has 0 aliphatic rings. The summed E-state index contributed by atoms with van der Waals surface area (Å²) in [5, 5.41) is 0. The molecule has 0 atom stereocenters. The Morgan fingerprint density at radius 3 is 2.93 bits per heavy atom. The summed E-state index contributed by atoms with van der Waals surface area (Å²) in [6.45, 7) is 0.482. The first kappa shape index (κ1) is 10.8. The maximum Gasteiger partial charge on any atom is 0.150 e. The van der Waals surface area contributed by atoms with Gasteiger partial charge in [0, 0.05) is 12.0 Å². The van der Waals surface area contributed by atoms with Crippen molar-refractivity contribution in [2.24, 2.45) is 0 Å². The Balaban J connectivity index is 2.69. The molecule has 0 aromatic heterocycles. The van der Waals surface area contributed by atoms with Gasteiger partial charge in [-0.1, -0.05) is 0 Å². The van der Waals surface area contributed by atoms with Crippen LogP contribution >= 0.6 is 15.9 Å². The van der Waals surface area contributed by atoms with Crippen LogP contribution in [0.25, 0.3) is 0 Å². The minimum Gasteiger partial charge on any atom is -0.491 e. The molecule has 0 bridgehead atoms. The van der Waals surface area contributed by atoms with E-state index >= 15 is 0 Å². The third kappa shape index (κ3) is 2.90. The lowest BCUT2D eigenvalue weighted by molar-refractivity contribution is 0.112. The first-order chi connectivity index (χ1) is 6.77. The molecule has 0 N–H and O–H groups in total. The first-order valence-electron chi connectivity index (χ1n) is 4.09. The minimum atomic E-state index is 0.482. The van der Waals surface area contributed by atoms with E-state index in [9.17, 15) is 4.79 Å². The van der Waals surface area contributed by atoms with E-state index in [0.29, 0.717) is 24.3 Å². The molecule has 0 saturated carbocycles. The van der Waals surface area contributed by atoms with Crippen LogP contribution in [0, 0.1) is 12.3 Å². The predicted octanol–water partition coefficient (Wildman–Crippen LogP) is 2.66. The van der Waals surface area contributed by atoms with Crippen molar-refractivity contribution in [1.29, 1.82) is 0 Å². The van der Waals surface area contributed by atoms with Crippen molar-refractivity contribution in [3.63, 3.8) is 0 Å². The van der Waals surface area contributed by atoms with Gasteiger partial charge in [-0.3, -0.25) is 4.79 Å². The summed E-state index contributed by atoms with van der Waals surface area (Å²) in [6, 6.07) is 5.14. The maximum atomic E-state index is 10.4. The number of halogens is 1. The molecule has 0 amide bonds. The van der Waals surface area contributed by atoms with Gasteiger partial charge in [-0.15, -0.1) is 12.3 Å². The van der Waals surface area contributed by atoms with Crippen molar-refractivity contribution < 1.29 is 9.53 Å². The molecule has 0 aliphatic heterocycles. The Labute approximate surface area is 91.4 Å². The molecule has 1 aromatic rings. The van der Waals surface area contributed by atoms with Crippen LogP contribution in [0.4, 0.5) is 0 Å². The van der Waals surface area contributed by atoms with Crippen LogP contribution in [-0.2, 0) is 0 Å². The lowest BCUT2D eigenvalue weighted by Gasteiger charge is -2.06. The number of carbonyl (C=O) groups excluding carboxylic acids is 1. The molecule has 0 aliphatic carbocycles. The second-order valence-electron chi connectivity index (χ2n) is 2.61. The zero-order chi connectivity index (χ0) is 10.4. The van der Waals surface area contributed by atoms with Gasteiger partial charge in [0.25, 0.3) is 0 Å². The van der Waals surface area contributed by atoms with Crippen LogP contribution in [0.2, 0.25) is 0 Å². The fourth-order valence-corrected chi connectivity index (χ4v) is 1.44. The van der Waals surface area contributed by atoms with Gasteiger partial charge in [0.1, 0.15) is 12.0 Å². The summed E-state index contributed by atoms with van der Waals surface area (Å²) >= 11 is 3.30. The van der Waals surface area contributed by atoms with E-state index in [2.05, 4.69) is 21.9 Å². The summed E-state index contributed by atoms with van der Waals surface area (Å²) in [5.74, 6) is 3.18. The third-order valence-corrected chi connectivity index (χ3v) is 2.22. The molecule has 2 nitrogen and oxygen atoms in total. The second-order valence-corrected chi connectivity index (χ2v) is 3.46. The highest BCUT2D eigenvalue weighted by Gasteiger charge is 2.01. The van der Waals surface area contributed by atoms with Crippen LogP contribution in [0.1, 0.15) is 16.8 Å². The number of hydrogen-bond donors (Lipinski definition) is 0. The summed E-state index contributed by atoms with van der Waals surface area (Å²) in [7, 11) is 0. The third-order valence-electron chi connectivity index (χ3n) is 1.60. The van der Waals surface area contributed by atoms with Gasteiger partial charge in [0.05, 0.1) is 11.1 Å². The highest BCUT2D eigenvalue weighted by molar-refractivity contribution is 9.10. The molecule has 1 aromatic carbocycles.